The van der Waals surface area contributed by atoms with E-state index in [0.717, 1.165) is 0 Å². The largest absolute Gasteiger partial charge is 0.394 e. The average molecular weight is 276 g/mol. The van der Waals surface area contributed by atoms with Crippen LogP contribution in [-0.2, 0) is 9.59 Å². The van der Waals surface area contributed by atoms with Crippen molar-refractivity contribution < 1.29 is 24.9 Å². The highest BCUT2D eigenvalue weighted by Crippen LogP contribution is 2.12. The highest BCUT2D eigenvalue weighted by molar-refractivity contribution is 5.82. The number of rotatable bonds is 7. The van der Waals surface area contributed by atoms with Crippen molar-refractivity contribution in [3.63, 3.8) is 0 Å². The van der Waals surface area contributed by atoms with E-state index in [1.54, 1.807) is 20.8 Å². The third-order valence-electron chi connectivity index (χ3n) is 2.63. The fourth-order valence-electron chi connectivity index (χ4n) is 1.18. The summed E-state index contributed by atoms with van der Waals surface area (Å²) in [7, 11) is 0. The van der Waals surface area contributed by atoms with Gasteiger partial charge in [0, 0.05) is 18.4 Å². The van der Waals surface area contributed by atoms with Crippen LogP contribution in [0.3, 0.4) is 0 Å². The summed E-state index contributed by atoms with van der Waals surface area (Å²) in [5, 5.41) is 32.1. The molecule has 7 heteroatoms. The molecule has 0 unspecified atom stereocenters. The van der Waals surface area contributed by atoms with Gasteiger partial charge in [-0.3, -0.25) is 9.59 Å². The summed E-state index contributed by atoms with van der Waals surface area (Å²) < 4.78 is 0. The molecular formula is C12H24N2O5. The Morgan fingerprint density at radius 2 is 1.47 bits per heavy atom. The van der Waals surface area contributed by atoms with Crippen molar-refractivity contribution in [2.45, 2.75) is 32.7 Å². The number of hydrogen-bond acceptors (Lipinski definition) is 5. The van der Waals surface area contributed by atoms with Crippen LogP contribution in [0.15, 0.2) is 0 Å². The molecule has 0 heterocycles. The van der Waals surface area contributed by atoms with Crippen LogP contribution in [0.4, 0.5) is 0 Å². The Hall–Kier alpha value is -1.18. The van der Waals surface area contributed by atoms with E-state index < -0.39 is 36.7 Å². The Kier molecular flexibility index (Phi) is 6.96. The molecule has 0 aromatic heterocycles. The molecule has 0 aromatic carbocycles. The van der Waals surface area contributed by atoms with Gasteiger partial charge in [0.05, 0.1) is 19.8 Å². The van der Waals surface area contributed by atoms with Gasteiger partial charge in [-0.25, -0.2) is 0 Å². The lowest BCUT2D eigenvalue weighted by molar-refractivity contribution is -0.129. The first-order valence-electron chi connectivity index (χ1n) is 6.12. The van der Waals surface area contributed by atoms with Gasteiger partial charge in [-0.15, -0.1) is 0 Å². The van der Waals surface area contributed by atoms with Gasteiger partial charge in [0.1, 0.15) is 5.54 Å². The molecule has 2 amide bonds. The van der Waals surface area contributed by atoms with Crippen LogP contribution in [0, 0.1) is 5.41 Å². The van der Waals surface area contributed by atoms with Crippen LogP contribution in [-0.4, -0.2) is 59.0 Å². The summed E-state index contributed by atoms with van der Waals surface area (Å²) >= 11 is 0. The Balaban J connectivity index is 4.17. The maximum atomic E-state index is 11.6. The zero-order chi connectivity index (χ0) is 15.1. The smallest absolute Gasteiger partial charge is 0.225 e. The van der Waals surface area contributed by atoms with Crippen LogP contribution in [0.2, 0.25) is 0 Å². The second kappa shape index (κ2) is 7.42. The van der Waals surface area contributed by atoms with E-state index in [0.29, 0.717) is 0 Å². The lowest BCUT2D eigenvalue weighted by Crippen LogP contribution is -2.57. The van der Waals surface area contributed by atoms with Crippen molar-refractivity contribution in [1.29, 1.82) is 0 Å². The standard InChI is InChI=1S/C12H24N2O5/c1-11(2,3)10(19)13-5-4-9(18)14-12(6-15,7-16)8-17/h15-17H,4-8H2,1-3H3,(H,13,19)(H,14,18). The molecule has 0 atom stereocenters. The van der Waals surface area contributed by atoms with Crippen molar-refractivity contribution in [3.8, 4) is 0 Å². The zero-order valence-electron chi connectivity index (χ0n) is 11.7. The first kappa shape index (κ1) is 17.8. The second-order valence-electron chi connectivity index (χ2n) is 5.56. The summed E-state index contributed by atoms with van der Waals surface area (Å²) in [6.45, 7) is 3.73. The van der Waals surface area contributed by atoms with Gasteiger partial charge >= 0.3 is 0 Å². The number of nitrogens with one attached hydrogen (secondary N) is 2. The third kappa shape index (κ3) is 6.00. The normalized spacial score (nSPS) is 12.1. The SMILES string of the molecule is CC(C)(C)C(=O)NCCC(=O)NC(CO)(CO)CO. The molecule has 7 nitrogen and oxygen atoms in total. The number of carbonyl (C=O) groups is 2. The minimum absolute atomic E-state index is 0.00354. The molecular weight excluding hydrogens is 252 g/mol. The molecule has 0 radical (unpaired) electrons. The van der Waals surface area contributed by atoms with Crippen molar-refractivity contribution in [1.82, 2.24) is 10.6 Å². The van der Waals surface area contributed by atoms with E-state index in [1.807, 2.05) is 0 Å². The molecule has 0 saturated carbocycles. The van der Waals surface area contributed by atoms with Crippen molar-refractivity contribution in [3.05, 3.63) is 0 Å². The maximum absolute atomic E-state index is 11.6. The van der Waals surface area contributed by atoms with Crippen LogP contribution in [0.1, 0.15) is 27.2 Å². The van der Waals surface area contributed by atoms with E-state index in [9.17, 15) is 9.59 Å². The van der Waals surface area contributed by atoms with Gasteiger partial charge in [-0.05, 0) is 0 Å². The molecule has 112 valence electrons. The topological polar surface area (TPSA) is 119 Å². The van der Waals surface area contributed by atoms with E-state index >= 15 is 0 Å². The molecule has 0 aliphatic carbocycles. The first-order valence-corrected chi connectivity index (χ1v) is 6.12. The number of carbonyl (C=O) groups excluding carboxylic acids is 2. The number of amides is 2. The molecule has 0 fully saturated rings. The summed E-state index contributed by atoms with van der Waals surface area (Å²) in [4.78, 5) is 23.1. The molecule has 19 heavy (non-hydrogen) atoms. The molecule has 0 bridgehead atoms. The number of aliphatic hydroxyl groups is 3. The van der Waals surface area contributed by atoms with Crippen molar-refractivity contribution >= 4 is 11.8 Å². The van der Waals surface area contributed by atoms with Crippen molar-refractivity contribution in [2.24, 2.45) is 5.41 Å². The lowest BCUT2D eigenvalue weighted by Gasteiger charge is -2.28. The minimum atomic E-state index is -1.43. The third-order valence-corrected chi connectivity index (χ3v) is 2.63. The lowest BCUT2D eigenvalue weighted by atomic mass is 9.96. The quantitative estimate of drug-likeness (QED) is 0.382. The predicted molar refractivity (Wildman–Crippen MR) is 69.2 cm³/mol. The van der Waals surface area contributed by atoms with E-state index in [1.165, 1.54) is 0 Å². The summed E-state index contributed by atoms with van der Waals surface area (Å²) in [6, 6.07) is 0. The van der Waals surface area contributed by atoms with Gasteiger partial charge in [0.15, 0.2) is 0 Å². The van der Waals surface area contributed by atoms with E-state index in [4.69, 9.17) is 15.3 Å². The van der Waals surface area contributed by atoms with Crippen LogP contribution in [0.5, 0.6) is 0 Å². The Morgan fingerprint density at radius 1 is 1.00 bits per heavy atom. The molecule has 0 rings (SSSR count). The van der Waals surface area contributed by atoms with Gasteiger partial charge in [-0.2, -0.15) is 0 Å². The van der Waals surface area contributed by atoms with Crippen molar-refractivity contribution in [2.75, 3.05) is 26.4 Å². The predicted octanol–water partition coefficient (Wildman–Crippen LogP) is -1.63. The highest BCUT2D eigenvalue weighted by Gasteiger charge is 2.29. The van der Waals surface area contributed by atoms with Gasteiger partial charge in [0.25, 0.3) is 0 Å². The maximum Gasteiger partial charge on any atom is 0.225 e. The molecule has 5 N–H and O–H groups in total. The second-order valence-corrected chi connectivity index (χ2v) is 5.56. The van der Waals surface area contributed by atoms with Gasteiger partial charge in [-0.1, -0.05) is 20.8 Å². The molecule has 0 spiro atoms. The highest BCUT2D eigenvalue weighted by atomic mass is 16.3. The number of hydrogen-bond donors (Lipinski definition) is 5. The average Bonchev–Trinajstić information content (AvgIpc) is 2.35. The van der Waals surface area contributed by atoms with E-state index in [-0.39, 0.29) is 18.9 Å². The number of aliphatic hydroxyl groups excluding tert-OH is 3. The monoisotopic (exact) mass is 276 g/mol. The first-order chi connectivity index (χ1) is 8.70. The summed E-state index contributed by atoms with van der Waals surface area (Å²) in [6.07, 6.45) is 0.00354. The summed E-state index contributed by atoms with van der Waals surface area (Å²) in [5.74, 6) is -0.635. The fourth-order valence-corrected chi connectivity index (χ4v) is 1.18. The Morgan fingerprint density at radius 3 is 1.84 bits per heavy atom. The minimum Gasteiger partial charge on any atom is -0.394 e. The Labute approximate surface area is 113 Å². The zero-order valence-corrected chi connectivity index (χ0v) is 11.7. The molecule has 0 aromatic rings. The van der Waals surface area contributed by atoms with Gasteiger partial charge in [0.2, 0.25) is 11.8 Å². The van der Waals surface area contributed by atoms with Crippen LogP contribution in [0.25, 0.3) is 0 Å². The Bertz CT molecular complexity index is 299. The van der Waals surface area contributed by atoms with Crippen LogP contribution >= 0.6 is 0 Å². The van der Waals surface area contributed by atoms with Gasteiger partial charge < -0.3 is 26.0 Å². The van der Waals surface area contributed by atoms with E-state index in [2.05, 4.69) is 10.6 Å². The fraction of sp³-hybridized carbons (Fsp3) is 0.833. The molecule has 0 aliphatic heterocycles. The summed E-state index contributed by atoms with van der Waals surface area (Å²) in [5.41, 5.74) is -1.95. The molecule has 0 aliphatic rings. The van der Waals surface area contributed by atoms with Crippen LogP contribution < -0.4 is 10.6 Å². The molecule has 0 saturated heterocycles.